The van der Waals surface area contributed by atoms with E-state index in [1.807, 2.05) is 0 Å². The molecule has 1 atom stereocenters. The van der Waals surface area contributed by atoms with Crippen molar-refractivity contribution in [3.05, 3.63) is 52.0 Å². The first-order valence-electron chi connectivity index (χ1n) is 10.1. The van der Waals surface area contributed by atoms with Crippen LogP contribution >= 0.6 is 23.2 Å². The van der Waals surface area contributed by atoms with Crippen molar-refractivity contribution in [2.24, 2.45) is 0 Å². The van der Waals surface area contributed by atoms with Crippen molar-refractivity contribution >= 4 is 50.7 Å². The Balaban J connectivity index is 2.50. The molecule has 9 nitrogen and oxygen atoms in total. The van der Waals surface area contributed by atoms with Crippen LogP contribution in [-0.2, 0) is 26.2 Å². The lowest BCUT2D eigenvalue weighted by Crippen LogP contribution is -2.50. The van der Waals surface area contributed by atoms with E-state index in [-0.39, 0.29) is 18.0 Å². The van der Waals surface area contributed by atoms with Gasteiger partial charge in [-0.15, -0.1) is 0 Å². The van der Waals surface area contributed by atoms with Gasteiger partial charge in [0.1, 0.15) is 24.1 Å². The number of nitrogens with zero attached hydrogens (tertiary/aromatic N) is 2. The Morgan fingerprint density at radius 3 is 2.29 bits per heavy atom. The van der Waals surface area contributed by atoms with Crippen LogP contribution in [0, 0.1) is 0 Å². The van der Waals surface area contributed by atoms with E-state index in [2.05, 4.69) is 5.32 Å². The predicted molar refractivity (Wildman–Crippen MR) is 132 cm³/mol. The van der Waals surface area contributed by atoms with Gasteiger partial charge in [-0.1, -0.05) is 29.3 Å². The summed E-state index contributed by atoms with van der Waals surface area (Å²) >= 11 is 12.3. The Labute approximate surface area is 209 Å². The number of sulfonamides is 1. The van der Waals surface area contributed by atoms with E-state index in [1.165, 1.54) is 51.3 Å². The van der Waals surface area contributed by atoms with Crippen molar-refractivity contribution in [2.45, 2.75) is 19.5 Å². The van der Waals surface area contributed by atoms with E-state index in [1.54, 1.807) is 18.2 Å². The molecule has 0 heterocycles. The average molecular weight is 532 g/mol. The molecule has 0 aromatic heterocycles. The summed E-state index contributed by atoms with van der Waals surface area (Å²) in [6.07, 6.45) is 0.974. The molecule has 1 N–H and O–H groups in total. The van der Waals surface area contributed by atoms with E-state index in [0.29, 0.717) is 21.4 Å². The summed E-state index contributed by atoms with van der Waals surface area (Å²) < 4.78 is 36.8. The number of benzene rings is 2. The lowest BCUT2D eigenvalue weighted by atomic mass is 10.1. The molecular formula is C22H27Cl2N3O6S. The van der Waals surface area contributed by atoms with Gasteiger partial charge in [-0.2, -0.15) is 0 Å². The molecule has 12 heteroatoms. The average Bonchev–Trinajstić information content (AvgIpc) is 2.79. The Hall–Kier alpha value is -2.69. The van der Waals surface area contributed by atoms with Gasteiger partial charge in [0.25, 0.3) is 0 Å². The quantitative estimate of drug-likeness (QED) is 0.505. The van der Waals surface area contributed by atoms with Crippen LogP contribution in [0.1, 0.15) is 12.5 Å². The number of halogens is 2. The smallest absolute Gasteiger partial charge is 0.244 e. The van der Waals surface area contributed by atoms with Gasteiger partial charge in [-0.25, -0.2) is 8.42 Å². The number of methoxy groups -OCH3 is 2. The van der Waals surface area contributed by atoms with Gasteiger partial charge >= 0.3 is 0 Å². The van der Waals surface area contributed by atoms with Gasteiger partial charge in [0.15, 0.2) is 0 Å². The Bertz CT molecular complexity index is 1160. The topological polar surface area (TPSA) is 105 Å². The van der Waals surface area contributed by atoms with Crippen LogP contribution in [0.15, 0.2) is 36.4 Å². The number of anilines is 1. The van der Waals surface area contributed by atoms with Gasteiger partial charge in [-0.3, -0.25) is 13.9 Å². The molecule has 0 unspecified atom stereocenters. The third-order valence-corrected chi connectivity index (χ3v) is 6.82. The van der Waals surface area contributed by atoms with E-state index in [4.69, 9.17) is 32.7 Å². The molecule has 0 bridgehead atoms. The highest BCUT2D eigenvalue weighted by atomic mass is 35.5. The first-order valence-corrected chi connectivity index (χ1v) is 12.7. The zero-order valence-electron chi connectivity index (χ0n) is 19.5. The number of amides is 2. The van der Waals surface area contributed by atoms with E-state index in [9.17, 15) is 18.0 Å². The van der Waals surface area contributed by atoms with Gasteiger partial charge in [0.2, 0.25) is 21.8 Å². The summed E-state index contributed by atoms with van der Waals surface area (Å²) in [5, 5.41) is 3.23. The summed E-state index contributed by atoms with van der Waals surface area (Å²) in [6, 6.07) is 8.45. The highest BCUT2D eigenvalue weighted by Gasteiger charge is 2.31. The number of ether oxygens (including phenoxy) is 2. The molecule has 34 heavy (non-hydrogen) atoms. The molecule has 186 valence electrons. The SMILES string of the molecule is CNC(=O)[C@H](C)N(Cc1ccc(Cl)cc1Cl)C(=O)CN(c1cc(OC)ccc1OC)S(C)(=O)=O. The normalized spacial score (nSPS) is 12.0. The molecule has 0 spiro atoms. The molecule has 0 saturated carbocycles. The highest BCUT2D eigenvalue weighted by Crippen LogP contribution is 2.34. The van der Waals surface area contributed by atoms with Gasteiger partial charge in [0.05, 0.1) is 26.2 Å². The maximum Gasteiger partial charge on any atom is 0.244 e. The van der Waals surface area contributed by atoms with Crippen LogP contribution in [0.5, 0.6) is 11.5 Å². The van der Waals surface area contributed by atoms with E-state index >= 15 is 0 Å². The third kappa shape index (κ3) is 6.68. The Morgan fingerprint density at radius 1 is 1.09 bits per heavy atom. The highest BCUT2D eigenvalue weighted by molar-refractivity contribution is 7.92. The summed E-state index contributed by atoms with van der Waals surface area (Å²) in [5.41, 5.74) is 0.662. The fourth-order valence-electron chi connectivity index (χ4n) is 3.21. The van der Waals surface area contributed by atoms with Crippen molar-refractivity contribution < 1.29 is 27.5 Å². The van der Waals surface area contributed by atoms with Crippen molar-refractivity contribution in [1.82, 2.24) is 10.2 Å². The summed E-state index contributed by atoms with van der Waals surface area (Å²) in [7, 11) is 0.329. The van der Waals surface area contributed by atoms with Crippen molar-refractivity contribution in [3.8, 4) is 11.5 Å². The summed E-state index contributed by atoms with van der Waals surface area (Å²) in [5.74, 6) is -0.452. The second kappa shape index (κ2) is 11.6. The van der Waals surface area contributed by atoms with Crippen LogP contribution in [-0.4, -0.2) is 65.2 Å². The van der Waals surface area contributed by atoms with Gasteiger partial charge < -0.3 is 19.7 Å². The van der Waals surface area contributed by atoms with Crippen molar-refractivity contribution in [2.75, 3.05) is 38.4 Å². The molecule has 2 aromatic carbocycles. The lowest BCUT2D eigenvalue weighted by Gasteiger charge is -2.31. The van der Waals surface area contributed by atoms with E-state index < -0.39 is 34.4 Å². The summed E-state index contributed by atoms with van der Waals surface area (Å²) in [4.78, 5) is 27.1. The molecular weight excluding hydrogens is 505 g/mol. The van der Waals surface area contributed by atoms with Crippen LogP contribution in [0.2, 0.25) is 10.0 Å². The minimum absolute atomic E-state index is 0.0454. The fraction of sp³-hybridized carbons (Fsp3) is 0.364. The van der Waals surface area contributed by atoms with Crippen LogP contribution in [0.25, 0.3) is 0 Å². The van der Waals surface area contributed by atoms with E-state index in [0.717, 1.165) is 10.6 Å². The number of rotatable bonds is 10. The maximum atomic E-state index is 13.5. The molecule has 0 radical (unpaired) electrons. The van der Waals surface area contributed by atoms with Gasteiger partial charge in [0, 0.05) is 29.7 Å². The van der Waals surface area contributed by atoms with Gasteiger partial charge in [-0.05, 0) is 36.8 Å². The standard InChI is InChI=1S/C22H27Cl2N3O6S/c1-14(22(29)25-2)26(12-15-6-7-16(23)10-18(15)24)21(28)13-27(34(5,30)31)19-11-17(32-3)8-9-20(19)33-4/h6-11,14H,12-13H2,1-5H3,(H,25,29)/t14-/m0/s1. The molecule has 2 aromatic rings. The maximum absolute atomic E-state index is 13.5. The number of likely N-dealkylation sites (N-methyl/N-ethyl adjacent to an activating group) is 1. The molecule has 0 aliphatic carbocycles. The first-order chi connectivity index (χ1) is 15.9. The lowest BCUT2D eigenvalue weighted by molar-refractivity contribution is -0.139. The number of carbonyl (C=O) groups excluding carboxylic acids is 2. The largest absolute Gasteiger partial charge is 0.497 e. The molecule has 0 aliphatic heterocycles. The number of nitrogens with one attached hydrogen (secondary N) is 1. The Morgan fingerprint density at radius 2 is 1.76 bits per heavy atom. The van der Waals surface area contributed by atoms with Crippen molar-refractivity contribution in [3.63, 3.8) is 0 Å². The fourth-order valence-corrected chi connectivity index (χ4v) is 4.52. The van der Waals surface area contributed by atoms with Crippen molar-refractivity contribution in [1.29, 1.82) is 0 Å². The minimum atomic E-state index is -3.94. The predicted octanol–water partition coefficient (Wildman–Crippen LogP) is 2.94. The Kier molecular flexibility index (Phi) is 9.43. The molecule has 2 amide bonds. The number of hydrogen-bond acceptors (Lipinski definition) is 6. The molecule has 0 saturated heterocycles. The number of carbonyl (C=O) groups is 2. The molecule has 0 fully saturated rings. The van der Waals surface area contributed by atoms with Crippen LogP contribution in [0.4, 0.5) is 5.69 Å². The number of hydrogen-bond donors (Lipinski definition) is 1. The van der Waals surface area contributed by atoms with Crippen LogP contribution < -0.4 is 19.1 Å². The third-order valence-electron chi connectivity index (χ3n) is 5.10. The zero-order valence-corrected chi connectivity index (χ0v) is 21.8. The second-order valence-electron chi connectivity index (χ2n) is 7.36. The first kappa shape index (κ1) is 27.6. The minimum Gasteiger partial charge on any atom is -0.497 e. The second-order valence-corrected chi connectivity index (χ2v) is 10.1. The zero-order chi connectivity index (χ0) is 25.6. The summed E-state index contributed by atoms with van der Waals surface area (Å²) in [6.45, 7) is 0.905. The van der Waals surface area contributed by atoms with Crippen LogP contribution in [0.3, 0.4) is 0 Å². The monoisotopic (exact) mass is 531 g/mol. The molecule has 2 rings (SSSR count). The molecule has 0 aliphatic rings.